The maximum Gasteiger partial charge on any atom is 0.276 e. The highest BCUT2D eigenvalue weighted by molar-refractivity contribution is 5.93. The SMILES string of the molecule is Cc1nonc1C(=O)N[C@H](c1cn2ncc(C(NC(=O)[C@@H](C)CC(F)F)C3CC3)cc2n1)C1CCC(F)(F)CC1. The minimum Gasteiger partial charge on any atom is -0.349 e. The van der Waals surface area contributed by atoms with Gasteiger partial charge in [0.2, 0.25) is 18.3 Å². The summed E-state index contributed by atoms with van der Waals surface area (Å²) in [6.07, 6.45) is 1.70. The Labute approximate surface area is 227 Å². The van der Waals surface area contributed by atoms with E-state index < -0.39 is 48.6 Å². The molecule has 0 saturated heterocycles. The molecule has 2 fully saturated rings. The van der Waals surface area contributed by atoms with Crippen LogP contribution in [0.25, 0.3) is 5.65 Å². The summed E-state index contributed by atoms with van der Waals surface area (Å²) in [6.45, 7) is 3.04. The Morgan fingerprint density at radius 3 is 2.42 bits per heavy atom. The van der Waals surface area contributed by atoms with E-state index in [-0.39, 0.29) is 43.2 Å². The fourth-order valence-electron chi connectivity index (χ4n) is 5.28. The lowest BCUT2D eigenvalue weighted by atomic mass is 9.81. The number of carbonyl (C=O) groups is 2. The van der Waals surface area contributed by atoms with E-state index in [1.54, 1.807) is 25.4 Å². The molecule has 10 nitrogen and oxygen atoms in total. The number of amides is 2. The summed E-state index contributed by atoms with van der Waals surface area (Å²) >= 11 is 0. The summed E-state index contributed by atoms with van der Waals surface area (Å²) in [5, 5.41) is 17.5. The van der Waals surface area contributed by atoms with Gasteiger partial charge in [-0.15, -0.1) is 0 Å². The molecule has 40 heavy (non-hydrogen) atoms. The van der Waals surface area contributed by atoms with Gasteiger partial charge < -0.3 is 10.6 Å². The van der Waals surface area contributed by atoms with Crippen molar-refractivity contribution in [1.29, 1.82) is 0 Å². The number of hydrogen-bond acceptors (Lipinski definition) is 7. The van der Waals surface area contributed by atoms with Crippen LogP contribution in [0.4, 0.5) is 17.6 Å². The first-order chi connectivity index (χ1) is 19.0. The molecule has 0 aromatic carbocycles. The van der Waals surface area contributed by atoms with Gasteiger partial charge in [-0.1, -0.05) is 12.1 Å². The first-order valence-corrected chi connectivity index (χ1v) is 13.4. The van der Waals surface area contributed by atoms with Crippen LogP contribution >= 0.6 is 0 Å². The Morgan fingerprint density at radius 1 is 1.10 bits per heavy atom. The van der Waals surface area contributed by atoms with E-state index in [1.165, 1.54) is 11.4 Å². The zero-order valence-electron chi connectivity index (χ0n) is 22.1. The molecule has 2 amide bonds. The Bertz CT molecular complexity index is 1360. The number of alkyl halides is 4. The molecule has 3 atom stereocenters. The molecule has 2 aliphatic carbocycles. The fraction of sp³-hybridized carbons (Fsp3) is 0.615. The number of nitrogens with zero attached hydrogens (tertiary/aromatic N) is 5. The van der Waals surface area contributed by atoms with Crippen LogP contribution in [0.3, 0.4) is 0 Å². The molecule has 3 heterocycles. The van der Waals surface area contributed by atoms with Crippen LogP contribution in [0.15, 0.2) is 23.1 Å². The predicted octanol–water partition coefficient (Wildman–Crippen LogP) is 4.58. The van der Waals surface area contributed by atoms with E-state index in [2.05, 4.69) is 35.7 Å². The zero-order valence-corrected chi connectivity index (χ0v) is 22.1. The van der Waals surface area contributed by atoms with Gasteiger partial charge in [-0.05, 0) is 61.2 Å². The lowest BCUT2D eigenvalue weighted by molar-refractivity contribution is -0.126. The molecular formula is C26H31F4N7O3. The van der Waals surface area contributed by atoms with E-state index in [4.69, 9.17) is 0 Å². The summed E-state index contributed by atoms with van der Waals surface area (Å²) in [6, 6.07) is 0.667. The predicted molar refractivity (Wildman–Crippen MR) is 133 cm³/mol. The largest absolute Gasteiger partial charge is 0.349 e. The molecule has 1 unspecified atom stereocenters. The number of hydrogen-bond donors (Lipinski definition) is 2. The number of aryl methyl sites for hydroxylation is 1. The van der Waals surface area contributed by atoms with Crippen LogP contribution in [-0.2, 0) is 4.79 Å². The molecule has 14 heteroatoms. The van der Waals surface area contributed by atoms with Crippen LogP contribution in [0.5, 0.6) is 0 Å². The smallest absolute Gasteiger partial charge is 0.276 e. The van der Waals surface area contributed by atoms with Crippen molar-refractivity contribution in [1.82, 2.24) is 35.5 Å². The van der Waals surface area contributed by atoms with Crippen molar-refractivity contribution in [2.45, 2.75) is 83.2 Å². The lowest BCUT2D eigenvalue weighted by Crippen LogP contribution is -2.37. The highest BCUT2D eigenvalue weighted by Crippen LogP contribution is 2.43. The first kappa shape index (κ1) is 28.0. The molecule has 2 aliphatic rings. The zero-order chi connectivity index (χ0) is 28.6. The van der Waals surface area contributed by atoms with E-state index in [0.717, 1.165) is 12.8 Å². The topological polar surface area (TPSA) is 127 Å². The lowest BCUT2D eigenvalue weighted by Gasteiger charge is -2.33. The van der Waals surface area contributed by atoms with E-state index in [1.807, 2.05) is 0 Å². The maximum atomic E-state index is 13.9. The van der Waals surface area contributed by atoms with Gasteiger partial charge in [0, 0.05) is 25.2 Å². The average Bonchev–Trinajstić information content (AvgIpc) is 3.50. The van der Waals surface area contributed by atoms with E-state index >= 15 is 0 Å². The number of nitrogens with one attached hydrogen (secondary N) is 2. The molecule has 0 spiro atoms. The normalized spacial score (nSPS) is 19.9. The summed E-state index contributed by atoms with van der Waals surface area (Å²) in [5.41, 5.74) is 1.86. The molecule has 3 aromatic heterocycles. The summed E-state index contributed by atoms with van der Waals surface area (Å²) in [4.78, 5) is 30.3. The molecule has 2 saturated carbocycles. The minimum atomic E-state index is -2.75. The van der Waals surface area contributed by atoms with Gasteiger partial charge >= 0.3 is 0 Å². The standard InChI is InChI=1S/C26H31F4N7O3/c1-13(9-19(27)28)24(38)33-22(15-3-4-15)17-10-20-32-18(12-37(20)31-11-17)23(16-5-7-26(29,30)8-6-16)34-25(39)21-14(2)35-40-36-21/h10-13,15-16,19,22-23H,3-9H2,1-2H3,(H,33,38)(H,34,39)/t13-,22?,23-/m0/s1. The van der Waals surface area contributed by atoms with Gasteiger partial charge in [-0.3, -0.25) is 9.59 Å². The van der Waals surface area contributed by atoms with Crippen molar-refractivity contribution in [2.24, 2.45) is 17.8 Å². The van der Waals surface area contributed by atoms with Crippen LogP contribution in [0.2, 0.25) is 0 Å². The third-order valence-electron chi connectivity index (χ3n) is 7.80. The second kappa shape index (κ2) is 11.1. The van der Waals surface area contributed by atoms with Crippen molar-refractivity contribution < 1.29 is 31.8 Å². The summed E-state index contributed by atoms with van der Waals surface area (Å²) < 4.78 is 59.6. The van der Waals surface area contributed by atoms with Gasteiger partial charge in [0.05, 0.1) is 30.2 Å². The third kappa shape index (κ3) is 6.25. The monoisotopic (exact) mass is 565 g/mol. The molecule has 5 rings (SSSR count). The quantitative estimate of drug-likeness (QED) is 0.345. The van der Waals surface area contributed by atoms with E-state index in [0.29, 0.717) is 22.6 Å². The van der Waals surface area contributed by atoms with Crippen LogP contribution < -0.4 is 10.6 Å². The number of halogens is 4. The van der Waals surface area contributed by atoms with Crippen LogP contribution in [0, 0.1) is 24.7 Å². The van der Waals surface area contributed by atoms with Gasteiger partial charge in [0.1, 0.15) is 5.69 Å². The number of aromatic nitrogens is 5. The van der Waals surface area contributed by atoms with Crippen LogP contribution in [0.1, 0.15) is 91.4 Å². The summed E-state index contributed by atoms with van der Waals surface area (Å²) in [7, 11) is 0. The Balaban J connectivity index is 1.41. The summed E-state index contributed by atoms with van der Waals surface area (Å²) in [5.74, 6) is -4.73. The van der Waals surface area contributed by atoms with Crippen molar-refractivity contribution >= 4 is 17.5 Å². The Hall–Kier alpha value is -3.58. The molecule has 0 bridgehead atoms. The number of fused-ring (bicyclic) bond motifs is 1. The molecule has 3 aromatic rings. The van der Waals surface area contributed by atoms with Gasteiger partial charge in [0.15, 0.2) is 11.3 Å². The number of rotatable bonds is 10. The highest BCUT2D eigenvalue weighted by atomic mass is 19.3. The van der Waals surface area contributed by atoms with Gasteiger partial charge in [-0.2, -0.15) is 5.10 Å². The highest BCUT2D eigenvalue weighted by Gasteiger charge is 2.40. The molecular weight excluding hydrogens is 534 g/mol. The van der Waals surface area contributed by atoms with Crippen molar-refractivity contribution in [2.75, 3.05) is 0 Å². The van der Waals surface area contributed by atoms with Crippen LogP contribution in [-0.4, -0.2) is 49.1 Å². The molecule has 0 radical (unpaired) electrons. The second-order valence-electron chi connectivity index (χ2n) is 11.0. The molecule has 216 valence electrons. The van der Waals surface area contributed by atoms with Crippen molar-refractivity contribution in [3.63, 3.8) is 0 Å². The number of carbonyl (C=O) groups excluding carboxylic acids is 2. The Kier molecular flexibility index (Phi) is 7.78. The number of imidazole rings is 1. The fourth-order valence-corrected chi connectivity index (χ4v) is 5.28. The first-order valence-electron chi connectivity index (χ1n) is 13.4. The molecule has 2 N–H and O–H groups in total. The minimum absolute atomic E-state index is 0.000554. The van der Waals surface area contributed by atoms with Crippen molar-refractivity contribution in [3.05, 3.63) is 41.1 Å². The van der Waals surface area contributed by atoms with Crippen molar-refractivity contribution in [3.8, 4) is 0 Å². The molecule has 0 aliphatic heterocycles. The second-order valence-corrected chi connectivity index (χ2v) is 11.0. The third-order valence-corrected chi connectivity index (χ3v) is 7.80. The van der Waals surface area contributed by atoms with Gasteiger partial charge in [-0.25, -0.2) is 31.7 Å². The van der Waals surface area contributed by atoms with E-state index in [9.17, 15) is 27.2 Å². The maximum absolute atomic E-state index is 13.9. The Morgan fingerprint density at radius 2 is 1.80 bits per heavy atom. The van der Waals surface area contributed by atoms with Gasteiger partial charge in [0.25, 0.3) is 5.91 Å². The average molecular weight is 566 g/mol.